The van der Waals surface area contributed by atoms with Gasteiger partial charge in [-0.05, 0) is 25.0 Å². The zero-order valence-corrected chi connectivity index (χ0v) is 14.1. The van der Waals surface area contributed by atoms with Crippen LogP contribution in [-0.2, 0) is 13.0 Å². The lowest BCUT2D eigenvalue weighted by Gasteiger charge is -2.12. The number of aryl methyl sites for hydroxylation is 3. The highest BCUT2D eigenvalue weighted by atomic mass is 16.5. The molecule has 1 aromatic carbocycles. The van der Waals surface area contributed by atoms with Crippen molar-refractivity contribution in [2.75, 3.05) is 7.11 Å². The summed E-state index contributed by atoms with van der Waals surface area (Å²) in [6, 6.07) is 13.8. The summed E-state index contributed by atoms with van der Waals surface area (Å²) in [6.07, 6.45) is 2.41. The fourth-order valence-electron chi connectivity index (χ4n) is 3.13. The van der Waals surface area contributed by atoms with E-state index in [4.69, 9.17) is 4.74 Å². The molecular weight excluding hydrogens is 316 g/mol. The number of benzene rings is 1. The first-order chi connectivity index (χ1) is 12.2. The van der Waals surface area contributed by atoms with Crippen LogP contribution in [0, 0.1) is 6.92 Å². The van der Waals surface area contributed by atoms with Crippen molar-refractivity contribution in [3.05, 3.63) is 70.4 Å². The lowest BCUT2D eigenvalue weighted by Crippen LogP contribution is -2.24. The summed E-state index contributed by atoms with van der Waals surface area (Å²) in [5, 5.41) is 0. The van der Waals surface area contributed by atoms with Gasteiger partial charge in [0.15, 0.2) is 5.65 Å². The molecule has 0 fully saturated rings. The largest absolute Gasteiger partial charge is 0.481 e. The molecule has 4 rings (SSSR count). The molecule has 0 saturated heterocycles. The zero-order chi connectivity index (χ0) is 17.4. The van der Waals surface area contributed by atoms with E-state index in [0.29, 0.717) is 29.3 Å². The minimum atomic E-state index is -0.0506. The van der Waals surface area contributed by atoms with Gasteiger partial charge in [0, 0.05) is 12.6 Å². The van der Waals surface area contributed by atoms with Crippen LogP contribution in [0.15, 0.2) is 53.6 Å². The first-order valence-corrected chi connectivity index (χ1v) is 8.14. The second-order valence-electron chi connectivity index (χ2n) is 5.94. The molecule has 0 aliphatic heterocycles. The SMILES string of the molecule is COc1ccc2c(n1)n1cnc(C)c1c(=O)n2CCc1ccccc1. The van der Waals surface area contributed by atoms with E-state index < -0.39 is 0 Å². The van der Waals surface area contributed by atoms with Crippen LogP contribution < -0.4 is 10.3 Å². The topological polar surface area (TPSA) is 61.4 Å². The van der Waals surface area contributed by atoms with E-state index in [2.05, 4.69) is 22.1 Å². The van der Waals surface area contributed by atoms with Crippen LogP contribution >= 0.6 is 0 Å². The van der Waals surface area contributed by atoms with Gasteiger partial charge in [0.2, 0.25) is 5.88 Å². The van der Waals surface area contributed by atoms with Crippen molar-refractivity contribution in [2.45, 2.75) is 19.9 Å². The van der Waals surface area contributed by atoms with Gasteiger partial charge in [-0.1, -0.05) is 30.3 Å². The number of hydrogen-bond donors (Lipinski definition) is 0. The Morgan fingerprint density at radius 3 is 2.68 bits per heavy atom. The Morgan fingerprint density at radius 2 is 1.92 bits per heavy atom. The highest BCUT2D eigenvalue weighted by Gasteiger charge is 2.15. The molecule has 3 heterocycles. The van der Waals surface area contributed by atoms with Gasteiger partial charge in [-0.2, -0.15) is 4.98 Å². The standard InChI is InChI=1S/C19H18N4O2/c1-13-17-19(24)22(11-10-14-6-4-3-5-7-14)15-8-9-16(25-2)21-18(15)23(17)12-20-13/h3-9,12H,10-11H2,1-2H3. The molecule has 0 spiro atoms. The molecule has 0 aliphatic rings. The molecule has 0 unspecified atom stereocenters. The van der Waals surface area contributed by atoms with Gasteiger partial charge in [0.25, 0.3) is 5.56 Å². The average Bonchev–Trinajstić information content (AvgIpc) is 3.04. The number of methoxy groups -OCH3 is 1. The molecule has 0 saturated carbocycles. The van der Waals surface area contributed by atoms with Gasteiger partial charge in [0.1, 0.15) is 11.8 Å². The number of imidazole rings is 1. The molecule has 6 heteroatoms. The minimum absolute atomic E-state index is 0.0506. The van der Waals surface area contributed by atoms with Crippen molar-refractivity contribution in [3.8, 4) is 5.88 Å². The molecule has 6 nitrogen and oxygen atoms in total. The Hall–Kier alpha value is -3.15. The van der Waals surface area contributed by atoms with Gasteiger partial charge in [0.05, 0.1) is 18.3 Å². The molecule has 0 bridgehead atoms. The molecule has 0 radical (unpaired) electrons. The summed E-state index contributed by atoms with van der Waals surface area (Å²) in [7, 11) is 1.58. The van der Waals surface area contributed by atoms with Crippen molar-refractivity contribution in [2.24, 2.45) is 0 Å². The first kappa shape index (κ1) is 15.4. The number of nitrogens with zero attached hydrogens (tertiary/aromatic N) is 4. The third-order valence-electron chi connectivity index (χ3n) is 4.42. The van der Waals surface area contributed by atoms with E-state index >= 15 is 0 Å². The van der Waals surface area contributed by atoms with E-state index in [9.17, 15) is 4.79 Å². The number of hydrogen-bond acceptors (Lipinski definition) is 4. The molecule has 0 N–H and O–H groups in total. The average molecular weight is 334 g/mol. The third-order valence-corrected chi connectivity index (χ3v) is 4.42. The van der Waals surface area contributed by atoms with Gasteiger partial charge >= 0.3 is 0 Å². The predicted octanol–water partition coefficient (Wildman–Crippen LogP) is 2.60. The van der Waals surface area contributed by atoms with Gasteiger partial charge < -0.3 is 9.30 Å². The van der Waals surface area contributed by atoms with E-state index in [0.717, 1.165) is 11.9 Å². The summed E-state index contributed by atoms with van der Waals surface area (Å²) in [5.74, 6) is 0.508. The molecule has 0 atom stereocenters. The van der Waals surface area contributed by atoms with Crippen LogP contribution in [0.3, 0.4) is 0 Å². The Bertz CT molecular complexity index is 1110. The first-order valence-electron chi connectivity index (χ1n) is 8.14. The maximum absolute atomic E-state index is 13.0. The zero-order valence-electron chi connectivity index (χ0n) is 14.1. The maximum Gasteiger partial charge on any atom is 0.277 e. The van der Waals surface area contributed by atoms with E-state index in [1.807, 2.05) is 31.2 Å². The number of fused-ring (bicyclic) bond motifs is 3. The molecular formula is C19H18N4O2. The number of rotatable bonds is 4. The second-order valence-corrected chi connectivity index (χ2v) is 5.94. The smallest absolute Gasteiger partial charge is 0.277 e. The molecule has 3 aromatic heterocycles. The van der Waals surface area contributed by atoms with Crippen LogP contribution in [0.25, 0.3) is 16.7 Å². The molecule has 0 aliphatic carbocycles. The highest BCUT2D eigenvalue weighted by molar-refractivity contribution is 5.76. The van der Waals surface area contributed by atoms with Crippen LogP contribution in [0.4, 0.5) is 0 Å². The van der Waals surface area contributed by atoms with Gasteiger partial charge in [-0.25, -0.2) is 4.98 Å². The summed E-state index contributed by atoms with van der Waals surface area (Å²) in [4.78, 5) is 21.9. The molecule has 25 heavy (non-hydrogen) atoms. The second kappa shape index (κ2) is 6.05. The normalized spacial score (nSPS) is 11.3. The number of ether oxygens (including phenoxy) is 1. The fourth-order valence-corrected chi connectivity index (χ4v) is 3.13. The fraction of sp³-hybridized carbons (Fsp3) is 0.211. The van der Waals surface area contributed by atoms with E-state index in [-0.39, 0.29) is 5.56 Å². The van der Waals surface area contributed by atoms with Gasteiger partial charge in [-0.3, -0.25) is 9.20 Å². The van der Waals surface area contributed by atoms with Crippen molar-refractivity contribution in [1.82, 2.24) is 18.9 Å². The molecule has 0 amide bonds. The predicted molar refractivity (Wildman–Crippen MR) is 96.2 cm³/mol. The van der Waals surface area contributed by atoms with Crippen molar-refractivity contribution < 1.29 is 4.74 Å². The van der Waals surface area contributed by atoms with Crippen molar-refractivity contribution in [3.63, 3.8) is 0 Å². The molecule has 126 valence electrons. The Balaban J connectivity index is 1.93. The Morgan fingerprint density at radius 1 is 1.12 bits per heavy atom. The molecule has 4 aromatic rings. The summed E-state index contributed by atoms with van der Waals surface area (Å²) in [6.45, 7) is 2.42. The van der Waals surface area contributed by atoms with Gasteiger partial charge in [-0.15, -0.1) is 0 Å². The number of pyridine rings is 1. The van der Waals surface area contributed by atoms with Crippen molar-refractivity contribution >= 4 is 16.7 Å². The minimum Gasteiger partial charge on any atom is -0.481 e. The third kappa shape index (κ3) is 2.55. The summed E-state index contributed by atoms with van der Waals surface area (Å²) in [5.41, 5.74) is 3.83. The Labute approximate surface area is 144 Å². The Kier molecular flexibility index (Phi) is 3.72. The van der Waals surface area contributed by atoms with E-state index in [1.54, 1.807) is 28.5 Å². The van der Waals surface area contributed by atoms with Crippen LogP contribution in [0.2, 0.25) is 0 Å². The maximum atomic E-state index is 13.0. The van der Waals surface area contributed by atoms with Crippen LogP contribution in [-0.4, -0.2) is 26.0 Å². The lowest BCUT2D eigenvalue weighted by molar-refractivity contribution is 0.399. The highest BCUT2D eigenvalue weighted by Crippen LogP contribution is 2.18. The summed E-state index contributed by atoms with van der Waals surface area (Å²) >= 11 is 0. The van der Waals surface area contributed by atoms with Crippen molar-refractivity contribution in [1.29, 1.82) is 0 Å². The van der Waals surface area contributed by atoms with Crippen LogP contribution in [0.1, 0.15) is 11.3 Å². The number of aromatic nitrogens is 4. The van der Waals surface area contributed by atoms with Crippen LogP contribution in [0.5, 0.6) is 5.88 Å². The summed E-state index contributed by atoms with van der Waals surface area (Å²) < 4.78 is 8.77. The lowest BCUT2D eigenvalue weighted by atomic mass is 10.1. The quantitative estimate of drug-likeness (QED) is 0.575. The monoisotopic (exact) mass is 334 g/mol. The van der Waals surface area contributed by atoms with E-state index in [1.165, 1.54) is 5.56 Å².